The molecule has 0 aliphatic carbocycles. The van der Waals surface area contributed by atoms with E-state index in [0.717, 1.165) is 0 Å². The molecule has 3 heteroatoms. The minimum atomic E-state index is 0. The van der Waals surface area contributed by atoms with Crippen molar-refractivity contribution in [3.63, 3.8) is 0 Å². The molecule has 0 heterocycles. The summed E-state index contributed by atoms with van der Waals surface area (Å²) in [7, 11) is 0. The minimum absolute atomic E-state index is 0. The van der Waals surface area contributed by atoms with Crippen LogP contribution < -0.4 is 10.2 Å². The fourth-order valence-electron chi connectivity index (χ4n) is 0.841. The zero-order chi connectivity index (χ0) is 10.2. The summed E-state index contributed by atoms with van der Waals surface area (Å²) in [5, 5.41) is 20.5. The van der Waals surface area contributed by atoms with Gasteiger partial charge in [0.1, 0.15) is 0 Å². The van der Waals surface area contributed by atoms with E-state index in [9.17, 15) is 10.2 Å². The minimum Gasteiger partial charge on any atom is -0.872 e. The fourth-order valence-corrected chi connectivity index (χ4v) is 0.841. The topological polar surface area (TPSA) is 46.1 Å². The van der Waals surface area contributed by atoms with Crippen LogP contribution in [0, 0.1) is 0 Å². The summed E-state index contributed by atoms with van der Waals surface area (Å²) in [6, 6.07) is 16.7. The second-order valence-electron chi connectivity index (χ2n) is 2.63. The molecule has 2 aromatic carbocycles. The van der Waals surface area contributed by atoms with Gasteiger partial charge in [0, 0.05) is 0 Å². The van der Waals surface area contributed by atoms with E-state index in [1.807, 2.05) is 12.1 Å². The maximum Gasteiger partial charge on any atom is 2.00 e. The molecule has 0 aliphatic rings. The third-order valence-electron chi connectivity index (χ3n) is 1.49. The van der Waals surface area contributed by atoms with Gasteiger partial charge < -0.3 is 10.2 Å². The van der Waals surface area contributed by atoms with Crippen molar-refractivity contribution in [3.8, 4) is 11.5 Å². The van der Waals surface area contributed by atoms with E-state index < -0.39 is 0 Å². The van der Waals surface area contributed by atoms with E-state index in [2.05, 4.69) is 0 Å². The molecule has 0 saturated carbocycles. The summed E-state index contributed by atoms with van der Waals surface area (Å²) < 4.78 is 0. The molecule has 0 N–H and O–H groups in total. The Kier molecular flexibility index (Phi) is 7.35. The Hall–Kier alpha value is -1.30. The van der Waals surface area contributed by atoms with Crippen LogP contribution in [0.2, 0.25) is 0 Å². The van der Waals surface area contributed by atoms with Crippen LogP contribution in [-0.4, -0.2) is 0 Å². The molecule has 2 aromatic rings. The molecule has 0 saturated heterocycles. The van der Waals surface area contributed by atoms with Crippen molar-refractivity contribution in [2.75, 3.05) is 0 Å². The summed E-state index contributed by atoms with van der Waals surface area (Å²) in [6.07, 6.45) is 0. The van der Waals surface area contributed by atoms with Crippen molar-refractivity contribution < 1.29 is 30.6 Å². The molecule has 15 heavy (non-hydrogen) atoms. The average Bonchev–Trinajstić information content (AvgIpc) is 2.21. The molecular weight excluding hydrogens is 283 g/mol. The van der Waals surface area contributed by atoms with Crippen LogP contribution in [0.4, 0.5) is 0 Å². The Bertz CT molecular complexity index is 311. The molecule has 2 rings (SSSR count). The second kappa shape index (κ2) is 8.05. The average molecular weight is 293 g/mol. The summed E-state index contributed by atoms with van der Waals surface area (Å²) in [5.41, 5.74) is 0. The number of hydrogen-bond donors (Lipinski definition) is 0. The van der Waals surface area contributed by atoms with Crippen molar-refractivity contribution in [1.82, 2.24) is 0 Å². The van der Waals surface area contributed by atoms with Gasteiger partial charge in [0.25, 0.3) is 0 Å². The molecule has 0 fully saturated rings. The molecular formula is C12H10O2Pd. The molecule has 0 aromatic heterocycles. The van der Waals surface area contributed by atoms with Crippen LogP contribution in [0.1, 0.15) is 0 Å². The van der Waals surface area contributed by atoms with Crippen LogP contribution in [0.3, 0.4) is 0 Å². The summed E-state index contributed by atoms with van der Waals surface area (Å²) >= 11 is 0. The van der Waals surface area contributed by atoms with Gasteiger partial charge in [0.05, 0.1) is 0 Å². The SMILES string of the molecule is [O-]c1ccccc1.[O-]c1ccccc1.[Pd+2]. The first-order chi connectivity index (χ1) is 6.79. The molecule has 0 bridgehead atoms. The van der Waals surface area contributed by atoms with Crippen LogP contribution in [-0.2, 0) is 20.4 Å². The Morgan fingerprint density at radius 3 is 0.933 bits per heavy atom. The Balaban J connectivity index is 0.000000245. The van der Waals surface area contributed by atoms with E-state index in [0.29, 0.717) is 0 Å². The van der Waals surface area contributed by atoms with Gasteiger partial charge in [0.15, 0.2) is 0 Å². The van der Waals surface area contributed by atoms with E-state index in [1.54, 1.807) is 24.3 Å². The number of rotatable bonds is 0. The van der Waals surface area contributed by atoms with Crippen molar-refractivity contribution in [1.29, 1.82) is 0 Å². The van der Waals surface area contributed by atoms with Gasteiger partial charge in [-0.2, -0.15) is 0 Å². The van der Waals surface area contributed by atoms with Crippen molar-refractivity contribution in [2.24, 2.45) is 0 Å². The van der Waals surface area contributed by atoms with E-state index in [4.69, 9.17) is 0 Å². The summed E-state index contributed by atoms with van der Waals surface area (Å²) in [5.74, 6) is 0.144. The van der Waals surface area contributed by atoms with Gasteiger partial charge in [-0.05, 0) is 0 Å². The third-order valence-corrected chi connectivity index (χ3v) is 1.49. The van der Waals surface area contributed by atoms with Crippen LogP contribution in [0.15, 0.2) is 60.7 Å². The number of hydrogen-bond acceptors (Lipinski definition) is 2. The largest absolute Gasteiger partial charge is 2.00 e. The second-order valence-corrected chi connectivity index (χ2v) is 2.63. The standard InChI is InChI=1S/2C6H6O.Pd/c2*7-6-4-2-1-3-5-6;/h2*1-5,7H;/q;;+2/p-2. The van der Waals surface area contributed by atoms with Crippen LogP contribution >= 0.6 is 0 Å². The van der Waals surface area contributed by atoms with Crippen molar-refractivity contribution >= 4 is 0 Å². The van der Waals surface area contributed by atoms with Crippen molar-refractivity contribution in [2.45, 2.75) is 0 Å². The van der Waals surface area contributed by atoms with Crippen molar-refractivity contribution in [3.05, 3.63) is 60.7 Å². The zero-order valence-electron chi connectivity index (χ0n) is 7.91. The maximum absolute atomic E-state index is 10.3. The van der Waals surface area contributed by atoms with Gasteiger partial charge in [-0.25, -0.2) is 0 Å². The van der Waals surface area contributed by atoms with E-state index in [1.165, 1.54) is 24.3 Å². The van der Waals surface area contributed by atoms with Gasteiger partial charge >= 0.3 is 20.4 Å². The predicted octanol–water partition coefficient (Wildman–Crippen LogP) is 1.52. The monoisotopic (exact) mass is 292 g/mol. The van der Waals surface area contributed by atoms with Gasteiger partial charge in [0.2, 0.25) is 0 Å². The van der Waals surface area contributed by atoms with Gasteiger partial charge in [-0.1, -0.05) is 60.7 Å². The third kappa shape index (κ3) is 6.73. The normalized spacial score (nSPS) is 8.00. The smallest absolute Gasteiger partial charge is 0.872 e. The van der Waals surface area contributed by atoms with E-state index >= 15 is 0 Å². The molecule has 0 atom stereocenters. The maximum atomic E-state index is 10.3. The van der Waals surface area contributed by atoms with Gasteiger partial charge in [-0.3, -0.25) is 0 Å². The van der Waals surface area contributed by atoms with Crippen LogP contribution in [0.25, 0.3) is 0 Å². The quantitative estimate of drug-likeness (QED) is 0.691. The Labute approximate surface area is 103 Å². The first kappa shape index (κ1) is 13.7. The molecule has 0 amide bonds. The van der Waals surface area contributed by atoms with Crippen LogP contribution in [0.5, 0.6) is 11.5 Å². The summed E-state index contributed by atoms with van der Waals surface area (Å²) in [4.78, 5) is 0. The number of para-hydroxylation sites is 2. The van der Waals surface area contributed by atoms with E-state index in [-0.39, 0.29) is 31.9 Å². The molecule has 0 radical (unpaired) electrons. The first-order valence-electron chi connectivity index (χ1n) is 4.23. The molecule has 0 aliphatic heterocycles. The molecule has 0 unspecified atom stereocenters. The predicted molar refractivity (Wildman–Crippen MR) is 51.8 cm³/mol. The molecule has 2 nitrogen and oxygen atoms in total. The summed E-state index contributed by atoms with van der Waals surface area (Å²) in [6.45, 7) is 0. The Morgan fingerprint density at radius 1 is 0.533 bits per heavy atom. The molecule has 0 spiro atoms. The fraction of sp³-hybridized carbons (Fsp3) is 0. The molecule has 80 valence electrons. The number of benzene rings is 2. The zero-order valence-corrected chi connectivity index (χ0v) is 9.46. The first-order valence-corrected chi connectivity index (χ1v) is 4.23. The van der Waals surface area contributed by atoms with Gasteiger partial charge in [-0.15, -0.1) is 11.5 Å². The Morgan fingerprint density at radius 2 is 0.800 bits per heavy atom.